The topological polar surface area (TPSA) is 60.1 Å². The molecule has 0 unspecified atom stereocenters. The minimum atomic E-state index is -0.138. The number of rotatable bonds is 6. The van der Waals surface area contributed by atoms with E-state index < -0.39 is 0 Å². The Morgan fingerprint density at radius 1 is 1.43 bits per heavy atom. The maximum atomic E-state index is 12.0. The zero-order valence-corrected chi connectivity index (χ0v) is 12.1. The highest BCUT2D eigenvalue weighted by Gasteiger charge is 2.18. The molecule has 5 nitrogen and oxygen atoms in total. The average Bonchev–Trinajstić information content (AvgIpc) is 3.23. The first kappa shape index (κ1) is 13.6. The molecule has 21 heavy (non-hydrogen) atoms. The highest BCUT2D eigenvalue weighted by Crippen LogP contribution is 2.17. The second-order valence-corrected chi connectivity index (χ2v) is 5.41. The molecule has 108 valence electrons. The van der Waals surface area contributed by atoms with Crippen LogP contribution in [0.3, 0.4) is 0 Å². The standard InChI is InChI=1S/C15H15N3O2S/c19-15(9-12-4-8-21-11-12)16-10-13(14-3-1-7-20-14)18-6-2-5-17-18/h1-8,11,13H,9-10H2,(H,16,19)/t13-/m1/s1. The molecule has 0 aliphatic heterocycles. The summed E-state index contributed by atoms with van der Waals surface area (Å²) in [5, 5.41) is 11.1. The second-order valence-electron chi connectivity index (χ2n) is 4.63. The maximum Gasteiger partial charge on any atom is 0.224 e. The Morgan fingerprint density at radius 3 is 3.05 bits per heavy atom. The molecule has 0 aliphatic carbocycles. The quantitative estimate of drug-likeness (QED) is 0.761. The number of nitrogens with zero attached hydrogens (tertiary/aromatic N) is 2. The fraction of sp³-hybridized carbons (Fsp3) is 0.200. The first-order valence-corrected chi connectivity index (χ1v) is 7.57. The van der Waals surface area contributed by atoms with E-state index in [1.54, 1.807) is 28.5 Å². The van der Waals surface area contributed by atoms with Crippen LogP contribution in [0.25, 0.3) is 0 Å². The molecule has 3 heterocycles. The average molecular weight is 301 g/mol. The number of amides is 1. The fourth-order valence-corrected chi connectivity index (χ4v) is 2.79. The molecule has 3 rings (SSSR count). The van der Waals surface area contributed by atoms with Gasteiger partial charge in [-0.2, -0.15) is 16.4 Å². The predicted molar refractivity (Wildman–Crippen MR) is 80.1 cm³/mol. The van der Waals surface area contributed by atoms with Gasteiger partial charge in [0.05, 0.1) is 12.7 Å². The Balaban J connectivity index is 1.64. The SMILES string of the molecule is O=C(Cc1ccsc1)NC[C@H](c1ccco1)n1cccn1. The van der Waals surface area contributed by atoms with Crippen LogP contribution < -0.4 is 5.32 Å². The van der Waals surface area contributed by atoms with E-state index in [0.29, 0.717) is 13.0 Å². The van der Waals surface area contributed by atoms with Gasteiger partial charge in [-0.25, -0.2) is 0 Å². The molecule has 1 N–H and O–H groups in total. The molecule has 3 aromatic rings. The molecule has 0 fully saturated rings. The molecule has 3 aromatic heterocycles. The summed E-state index contributed by atoms with van der Waals surface area (Å²) in [6, 6.07) is 7.39. The first-order valence-electron chi connectivity index (χ1n) is 6.63. The van der Waals surface area contributed by atoms with Gasteiger partial charge in [-0.05, 0) is 40.6 Å². The normalized spacial score (nSPS) is 12.2. The molecule has 6 heteroatoms. The number of hydrogen-bond acceptors (Lipinski definition) is 4. The van der Waals surface area contributed by atoms with Crippen molar-refractivity contribution < 1.29 is 9.21 Å². The van der Waals surface area contributed by atoms with E-state index in [9.17, 15) is 4.79 Å². The molecular weight excluding hydrogens is 286 g/mol. The molecule has 0 radical (unpaired) electrons. The first-order chi connectivity index (χ1) is 10.3. The largest absolute Gasteiger partial charge is 0.467 e. The summed E-state index contributed by atoms with van der Waals surface area (Å²) in [7, 11) is 0. The van der Waals surface area contributed by atoms with E-state index in [1.165, 1.54) is 0 Å². The molecule has 0 saturated heterocycles. The summed E-state index contributed by atoms with van der Waals surface area (Å²) in [6.45, 7) is 0.443. The van der Waals surface area contributed by atoms with Crippen LogP contribution in [0.1, 0.15) is 17.4 Å². The Kier molecular flexibility index (Phi) is 4.16. The van der Waals surface area contributed by atoms with Crippen LogP contribution in [0.2, 0.25) is 0 Å². The minimum Gasteiger partial charge on any atom is -0.467 e. The van der Waals surface area contributed by atoms with Gasteiger partial charge in [0.1, 0.15) is 11.8 Å². The van der Waals surface area contributed by atoms with Crippen molar-refractivity contribution >= 4 is 17.2 Å². The van der Waals surface area contributed by atoms with Gasteiger partial charge >= 0.3 is 0 Å². The van der Waals surface area contributed by atoms with Gasteiger partial charge in [-0.15, -0.1) is 0 Å². The van der Waals surface area contributed by atoms with E-state index in [2.05, 4.69) is 10.4 Å². The number of thiophene rings is 1. The highest BCUT2D eigenvalue weighted by molar-refractivity contribution is 7.07. The smallest absolute Gasteiger partial charge is 0.224 e. The molecule has 0 spiro atoms. The van der Waals surface area contributed by atoms with Crippen molar-refractivity contribution in [3.8, 4) is 0 Å². The third-order valence-electron chi connectivity index (χ3n) is 3.15. The van der Waals surface area contributed by atoms with E-state index in [-0.39, 0.29) is 11.9 Å². The van der Waals surface area contributed by atoms with Gasteiger partial charge in [0.25, 0.3) is 0 Å². The minimum absolute atomic E-state index is 0.00267. The van der Waals surface area contributed by atoms with Crippen LogP contribution >= 0.6 is 11.3 Å². The lowest BCUT2D eigenvalue weighted by Crippen LogP contribution is -2.32. The Bertz CT molecular complexity index is 626. The predicted octanol–water partition coefficient (Wildman–Crippen LogP) is 2.49. The summed E-state index contributed by atoms with van der Waals surface area (Å²) in [6.07, 6.45) is 5.59. The number of carbonyl (C=O) groups excluding carboxylic acids is 1. The lowest BCUT2D eigenvalue weighted by atomic mass is 10.2. The van der Waals surface area contributed by atoms with Crippen molar-refractivity contribution in [3.63, 3.8) is 0 Å². The van der Waals surface area contributed by atoms with E-state index in [1.807, 2.05) is 41.2 Å². The fourth-order valence-electron chi connectivity index (χ4n) is 2.12. The maximum absolute atomic E-state index is 12.0. The number of hydrogen-bond donors (Lipinski definition) is 1. The number of carbonyl (C=O) groups is 1. The van der Waals surface area contributed by atoms with Crippen LogP contribution in [0.5, 0.6) is 0 Å². The summed E-state index contributed by atoms with van der Waals surface area (Å²) in [5.41, 5.74) is 1.03. The van der Waals surface area contributed by atoms with Crippen molar-refractivity contribution in [2.75, 3.05) is 6.54 Å². The van der Waals surface area contributed by atoms with Gasteiger partial charge in [-0.3, -0.25) is 9.48 Å². The van der Waals surface area contributed by atoms with Gasteiger partial charge in [-0.1, -0.05) is 0 Å². The van der Waals surface area contributed by atoms with Crippen LogP contribution in [0.15, 0.2) is 58.1 Å². The second kappa shape index (κ2) is 6.41. The molecular formula is C15H15N3O2S. The van der Waals surface area contributed by atoms with E-state index in [0.717, 1.165) is 11.3 Å². The van der Waals surface area contributed by atoms with Crippen molar-refractivity contribution in [1.29, 1.82) is 0 Å². The van der Waals surface area contributed by atoms with Crippen molar-refractivity contribution in [1.82, 2.24) is 15.1 Å². The third-order valence-corrected chi connectivity index (χ3v) is 3.89. The monoisotopic (exact) mass is 301 g/mol. The highest BCUT2D eigenvalue weighted by atomic mass is 32.1. The zero-order chi connectivity index (χ0) is 14.5. The Hall–Kier alpha value is -2.34. The molecule has 0 aromatic carbocycles. The van der Waals surface area contributed by atoms with Gasteiger partial charge < -0.3 is 9.73 Å². The van der Waals surface area contributed by atoms with Crippen molar-refractivity contribution in [3.05, 3.63) is 65.0 Å². The van der Waals surface area contributed by atoms with E-state index in [4.69, 9.17) is 4.42 Å². The van der Waals surface area contributed by atoms with Gasteiger partial charge in [0.15, 0.2) is 0 Å². The van der Waals surface area contributed by atoms with Crippen molar-refractivity contribution in [2.24, 2.45) is 0 Å². The zero-order valence-electron chi connectivity index (χ0n) is 11.3. The number of nitrogens with one attached hydrogen (secondary N) is 1. The summed E-state index contributed by atoms with van der Waals surface area (Å²) in [5.74, 6) is 0.770. The Morgan fingerprint density at radius 2 is 2.38 bits per heavy atom. The van der Waals surface area contributed by atoms with Gasteiger partial charge in [0, 0.05) is 18.9 Å². The molecule has 1 amide bonds. The lowest BCUT2D eigenvalue weighted by Gasteiger charge is -2.16. The molecule has 1 atom stereocenters. The number of furan rings is 1. The Labute approximate surface area is 126 Å². The van der Waals surface area contributed by atoms with Crippen LogP contribution in [-0.2, 0) is 11.2 Å². The van der Waals surface area contributed by atoms with Crippen LogP contribution in [0.4, 0.5) is 0 Å². The van der Waals surface area contributed by atoms with Crippen LogP contribution in [0, 0.1) is 0 Å². The summed E-state index contributed by atoms with van der Waals surface area (Å²) in [4.78, 5) is 12.0. The third kappa shape index (κ3) is 3.41. The molecule has 0 saturated carbocycles. The molecule has 0 aliphatic rings. The van der Waals surface area contributed by atoms with Gasteiger partial charge in [0.2, 0.25) is 5.91 Å². The molecule has 0 bridgehead atoms. The van der Waals surface area contributed by atoms with Crippen LogP contribution in [-0.4, -0.2) is 22.2 Å². The summed E-state index contributed by atoms with van der Waals surface area (Å²) < 4.78 is 7.23. The van der Waals surface area contributed by atoms with E-state index >= 15 is 0 Å². The lowest BCUT2D eigenvalue weighted by molar-refractivity contribution is -0.120. The summed E-state index contributed by atoms with van der Waals surface area (Å²) >= 11 is 1.59. The number of aromatic nitrogens is 2. The van der Waals surface area contributed by atoms with Crippen molar-refractivity contribution in [2.45, 2.75) is 12.5 Å².